The van der Waals surface area contributed by atoms with Crippen molar-refractivity contribution in [1.29, 1.82) is 0 Å². The first-order valence-corrected chi connectivity index (χ1v) is 9.96. The number of nitro benzene ring substituents is 1. The highest BCUT2D eigenvalue weighted by Gasteiger charge is 2.24. The first kappa shape index (κ1) is 22.7. The predicted octanol–water partition coefficient (Wildman–Crippen LogP) is 5.49. The predicted molar refractivity (Wildman–Crippen MR) is 122 cm³/mol. The summed E-state index contributed by atoms with van der Waals surface area (Å²) in [4.78, 5) is 35.7. The normalized spacial score (nSPS) is 11.7. The van der Waals surface area contributed by atoms with Gasteiger partial charge in [0.05, 0.1) is 4.92 Å². The molecule has 0 radical (unpaired) electrons. The molecule has 0 aliphatic rings. The number of hydrogen-bond acceptors (Lipinski definition) is 5. The van der Waals surface area contributed by atoms with Crippen LogP contribution in [0.15, 0.2) is 78.9 Å². The molecule has 0 aromatic heterocycles. The van der Waals surface area contributed by atoms with E-state index in [-0.39, 0.29) is 5.69 Å². The van der Waals surface area contributed by atoms with Crippen LogP contribution in [0.4, 0.5) is 11.4 Å². The fourth-order valence-electron chi connectivity index (χ4n) is 2.84. The van der Waals surface area contributed by atoms with E-state index in [4.69, 9.17) is 16.3 Å². The smallest absolute Gasteiger partial charge is 0.331 e. The zero-order chi connectivity index (χ0) is 23.1. The van der Waals surface area contributed by atoms with Crippen molar-refractivity contribution in [3.63, 3.8) is 0 Å². The summed E-state index contributed by atoms with van der Waals surface area (Å²) in [5.41, 5.74) is 2.17. The Bertz CT molecular complexity index is 1180. The minimum Gasteiger partial charge on any atom is -0.444 e. The first-order valence-electron chi connectivity index (χ1n) is 9.58. The Balaban J connectivity index is 1.77. The molecule has 0 saturated carbocycles. The van der Waals surface area contributed by atoms with Crippen molar-refractivity contribution in [1.82, 2.24) is 0 Å². The number of carbonyl (C=O) groups is 2. The number of ether oxygens (including phenoxy) is 1. The van der Waals surface area contributed by atoms with Crippen LogP contribution in [0.25, 0.3) is 6.08 Å². The summed E-state index contributed by atoms with van der Waals surface area (Å²) in [6.07, 6.45) is 1.29. The SMILES string of the molecule is Cc1ccc(NC(=O)[C@@H](OC(=O)/C=C/c2cccc([N+](=O)[O-])c2)c2ccccc2)cc1Cl. The van der Waals surface area contributed by atoms with E-state index in [2.05, 4.69) is 5.32 Å². The highest BCUT2D eigenvalue weighted by atomic mass is 35.5. The average molecular weight is 451 g/mol. The lowest BCUT2D eigenvalue weighted by Crippen LogP contribution is -2.25. The van der Waals surface area contributed by atoms with Gasteiger partial charge < -0.3 is 10.1 Å². The number of anilines is 1. The van der Waals surface area contributed by atoms with Crippen molar-refractivity contribution < 1.29 is 19.2 Å². The third kappa shape index (κ3) is 6.02. The molecule has 3 rings (SSSR count). The second-order valence-electron chi connectivity index (χ2n) is 6.87. The lowest BCUT2D eigenvalue weighted by Gasteiger charge is -2.17. The van der Waals surface area contributed by atoms with Gasteiger partial charge >= 0.3 is 5.97 Å². The third-order valence-electron chi connectivity index (χ3n) is 4.51. The van der Waals surface area contributed by atoms with E-state index in [1.807, 2.05) is 6.92 Å². The van der Waals surface area contributed by atoms with Gasteiger partial charge in [-0.3, -0.25) is 14.9 Å². The first-order chi connectivity index (χ1) is 15.3. The average Bonchev–Trinajstić information content (AvgIpc) is 2.79. The van der Waals surface area contributed by atoms with Crippen LogP contribution in [0.2, 0.25) is 5.02 Å². The highest BCUT2D eigenvalue weighted by Crippen LogP contribution is 2.24. The standard InChI is InChI=1S/C24H19ClN2O5/c1-16-10-12-19(15-21(16)25)26-24(29)23(18-7-3-2-4-8-18)32-22(28)13-11-17-6-5-9-20(14-17)27(30)31/h2-15,23H,1H3,(H,26,29)/b13-11+/t23-/m0/s1. The van der Waals surface area contributed by atoms with E-state index in [0.717, 1.165) is 11.6 Å². The second kappa shape index (κ2) is 10.4. The molecule has 0 bridgehead atoms. The fourth-order valence-corrected chi connectivity index (χ4v) is 3.02. The van der Waals surface area contributed by atoms with Gasteiger partial charge in [0.25, 0.3) is 11.6 Å². The molecule has 1 N–H and O–H groups in total. The van der Waals surface area contributed by atoms with Crippen LogP contribution in [-0.4, -0.2) is 16.8 Å². The highest BCUT2D eigenvalue weighted by molar-refractivity contribution is 6.31. The molecule has 3 aromatic rings. The molecule has 32 heavy (non-hydrogen) atoms. The Labute approximate surface area is 189 Å². The van der Waals surface area contributed by atoms with Gasteiger partial charge in [0.1, 0.15) is 0 Å². The lowest BCUT2D eigenvalue weighted by atomic mass is 10.1. The maximum Gasteiger partial charge on any atom is 0.331 e. The van der Waals surface area contributed by atoms with Crippen molar-refractivity contribution >= 4 is 40.9 Å². The number of nitrogens with one attached hydrogen (secondary N) is 1. The van der Waals surface area contributed by atoms with Gasteiger partial charge in [-0.1, -0.05) is 60.1 Å². The van der Waals surface area contributed by atoms with E-state index < -0.39 is 22.9 Å². The number of nitrogens with zero attached hydrogens (tertiary/aromatic N) is 1. The second-order valence-corrected chi connectivity index (χ2v) is 7.27. The maximum absolute atomic E-state index is 12.9. The number of rotatable bonds is 7. The van der Waals surface area contributed by atoms with Crippen molar-refractivity contribution in [3.05, 3.63) is 111 Å². The minimum atomic E-state index is -1.21. The molecule has 8 heteroatoms. The summed E-state index contributed by atoms with van der Waals surface area (Å²) in [5, 5.41) is 14.1. The lowest BCUT2D eigenvalue weighted by molar-refractivity contribution is -0.384. The maximum atomic E-state index is 12.9. The van der Waals surface area contributed by atoms with Crippen LogP contribution in [0.3, 0.4) is 0 Å². The molecule has 162 valence electrons. The Hall–Kier alpha value is -3.97. The van der Waals surface area contributed by atoms with E-state index in [0.29, 0.717) is 21.8 Å². The minimum absolute atomic E-state index is 0.0983. The van der Waals surface area contributed by atoms with Gasteiger partial charge in [-0.2, -0.15) is 0 Å². The summed E-state index contributed by atoms with van der Waals surface area (Å²) in [6, 6.07) is 19.5. The fraction of sp³-hybridized carbons (Fsp3) is 0.0833. The van der Waals surface area contributed by atoms with Gasteiger partial charge in [0, 0.05) is 34.5 Å². The summed E-state index contributed by atoms with van der Waals surface area (Å²) >= 11 is 6.12. The van der Waals surface area contributed by atoms with Crippen molar-refractivity contribution in [2.24, 2.45) is 0 Å². The number of halogens is 1. The summed E-state index contributed by atoms with van der Waals surface area (Å²) in [7, 11) is 0. The van der Waals surface area contributed by atoms with Crippen LogP contribution in [0.5, 0.6) is 0 Å². The molecule has 1 atom stereocenters. The Morgan fingerprint density at radius 1 is 1.06 bits per heavy atom. The molecule has 0 saturated heterocycles. The van der Waals surface area contributed by atoms with Gasteiger partial charge in [-0.25, -0.2) is 4.79 Å². The number of esters is 1. The Morgan fingerprint density at radius 3 is 2.50 bits per heavy atom. The van der Waals surface area contributed by atoms with Gasteiger partial charge in [0.2, 0.25) is 6.10 Å². The zero-order valence-corrected chi connectivity index (χ0v) is 17.8. The number of amides is 1. The molecule has 7 nitrogen and oxygen atoms in total. The molecule has 1 amide bonds. The number of carbonyl (C=O) groups excluding carboxylic acids is 2. The van der Waals surface area contributed by atoms with E-state index >= 15 is 0 Å². The van der Waals surface area contributed by atoms with Crippen molar-refractivity contribution in [2.75, 3.05) is 5.32 Å². The molecular weight excluding hydrogens is 432 g/mol. The third-order valence-corrected chi connectivity index (χ3v) is 4.91. The van der Waals surface area contributed by atoms with Crippen molar-refractivity contribution in [2.45, 2.75) is 13.0 Å². The van der Waals surface area contributed by atoms with Gasteiger partial charge in [0.15, 0.2) is 0 Å². The number of benzene rings is 3. The Kier molecular flexibility index (Phi) is 7.36. The zero-order valence-electron chi connectivity index (χ0n) is 17.0. The van der Waals surface area contributed by atoms with E-state index in [1.165, 1.54) is 24.3 Å². The molecule has 3 aromatic carbocycles. The monoisotopic (exact) mass is 450 g/mol. The molecule has 0 heterocycles. The van der Waals surface area contributed by atoms with Gasteiger partial charge in [-0.15, -0.1) is 0 Å². The number of hydrogen-bond donors (Lipinski definition) is 1. The van der Waals surface area contributed by atoms with E-state index in [1.54, 1.807) is 54.6 Å². The number of non-ortho nitro benzene ring substituents is 1. The van der Waals surface area contributed by atoms with Gasteiger partial charge in [-0.05, 0) is 36.3 Å². The largest absolute Gasteiger partial charge is 0.444 e. The summed E-state index contributed by atoms with van der Waals surface area (Å²) < 4.78 is 5.42. The van der Waals surface area contributed by atoms with Crippen molar-refractivity contribution in [3.8, 4) is 0 Å². The van der Waals surface area contributed by atoms with Crippen LogP contribution in [-0.2, 0) is 14.3 Å². The van der Waals surface area contributed by atoms with E-state index in [9.17, 15) is 19.7 Å². The molecule has 0 aliphatic carbocycles. The molecule has 0 unspecified atom stereocenters. The molecule has 0 aliphatic heterocycles. The van der Waals surface area contributed by atoms with Crippen LogP contribution < -0.4 is 5.32 Å². The topological polar surface area (TPSA) is 98.5 Å². The Morgan fingerprint density at radius 2 is 1.81 bits per heavy atom. The quantitative estimate of drug-likeness (QED) is 0.222. The molecule has 0 fully saturated rings. The molecular formula is C24H19ClN2O5. The summed E-state index contributed by atoms with van der Waals surface area (Å²) in [5.74, 6) is -1.32. The number of nitro groups is 1. The molecule has 0 spiro atoms. The van der Waals surface area contributed by atoms with Crippen LogP contribution in [0.1, 0.15) is 22.8 Å². The number of aryl methyl sites for hydroxylation is 1. The van der Waals surface area contributed by atoms with Crippen LogP contribution in [0, 0.1) is 17.0 Å². The summed E-state index contributed by atoms with van der Waals surface area (Å²) in [6.45, 7) is 1.84. The van der Waals surface area contributed by atoms with Crippen LogP contribution >= 0.6 is 11.6 Å².